The molecule has 2 aliphatic heterocycles. The molecule has 0 saturated carbocycles. The molecule has 1 unspecified atom stereocenters. The Morgan fingerprint density at radius 2 is 2.28 bits per heavy atom. The standard InChI is InChI=1S/C12H22N2O3.ClH/c15-12(14-5-1-3-13-4-6-14)10-17-9-11-2-7-16-8-11;/h11,13H,1-10H2;1H. The average molecular weight is 279 g/mol. The largest absolute Gasteiger partial charge is 0.381 e. The molecular formula is C12H23ClN2O3. The van der Waals surface area contributed by atoms with Gasteiger partial charge in [0.05, 0.1) is 13.2 Å². The Morgan fingerprint density at radius 1 is 1.39 bits per heavy atom. The fraction of sp³-hybridized carbons (Fsp3) is 0.917. The van der Waals surface area contributed by atoms with Crippen LogP contribution in [0.5, 0.6) is 0 Å². The summed E-state index contributed by atoms with van der Waals surface area (Å²) < 4.78 is 10.7. The van der Waals surface area contributed by atoms with E-state index in [0.29, 0.717) is 12.5 Å². The van der Waals surface area contributed by atoms with E-state index in [2.05, 4.69) is 5.32 Å². The lowest BCUT2D eigenvalue weighted by Crippen LogP contribution is -2.37. The lowest BCUT2D eigenvalue weighted by Gasteiger charge is -2.20. The summed E-state index contributed by atoms with van der Waals surface area (Å²) in [6.45, 7) is 6.03. The molecule has 1 atom stereocenters. The van der Waals surface area contributed by atoms with Crippen LogP contribution < -0.4 is 5.32 Å². The lowest BCUT2D eigenvalue weighted by molar-refractivity contribution is -0.136. The van der Waals surface area contributed by atoms with Crippen molar-refractivity contribution in [3.63, 3.8) is 0 Å². The van der Waals surface area contributed by atoms with Crippen LogP contribution in [0.25, 0.3) is 0 Å². The zero-order valence-electron chi connectivity index (χ0n) is 10.7. The van der Waals surface area contributed by atoms with E-state index in [9.17, 15) is 4.79 Å². The summed E-state index contributed by atoms with van der Waals surface area (Å²) in [6, 6.07) is 0. The minimum Gasteiger partial charge on any atom is -0.381 e. The minimum absolute atomic E-state index is 0. The third-order valence-corrected chi connectivity index (χ3v) is 3.30. The highest BCUT2D eigenvalue weighted by atomic mass is 35.5. The molecule has 6 heteroatoms. The first kappa shape index (κ1) is 15.7. The number of nitrogens with zero attached hydrogens (tertiary/aromatic N) is 1. The molecule has 0 aromatic heterocycles. The molecule has 2 aliphatic rings. The van der Waals surface area contributed by atoms with Crippen molar-refractivity contribution in [1.82, 2.24) is 10.2 Å². The highest BCUT2D eigenvalue weighted by molar-refractivity contribution is 5.85. The predicted octanol–water partition coefficient (Wildman–Crippen LogP) is 0.283. The summed E-state index contributed by atoms with van der Waals surface area (Å²) in [5, 5.41) is 3.28. The molecule has 0 radical (unpaired) electrons. The van der Waals surface area contributed by atoms with Crippen LogP contribution in [0.1, 0.15) is 12.8 Å². The summed E-state index contributed by atoms with van der Waals surface area (Å²) in [4.78, 5) is 13.8. The summed E-state index contributed by atoms with van der Waals surface area (Å²) in [5.41, 5.74) is 0. The number of hydrogen-bond acceptors (Lipinski definition) is 4. The van der Waals surface area contributed by atoms with Crippen LogP contribution in [0.3, 0.4) is 0 Å². The Balaban J connectivity index is 0.00000162. The van der Waals surface area contributed by atoms with Crippen LogP contribution in [0.2, 0.25) is 0 Å². The van der Waals surface area contributed by atoms with Gasteiger partial charge < -0.3 is 19.7 Å². The molecule has 2 rings (SSSR count). The van der Waals surface area contributed by atoms with Gasteiger partial charge in [-0.05, 0) is 19.4 Å². The van der Waals surface area contributed by atoms with E-state index in [1.54, 1.807) is 0 Å². The molecule has 18 heavy (non-hydrogen) atoms. The van der Waals surface area contributed by atoms with Crippen molar-refractivity contribution in [3.8, 4) is 0 Å². The summed E-state index contributed by atoms with van der Waals surface area (Å²) in [5.74, 6) is 0.598. The van der Waals surface area contributed by atoms with E-state index in [1.165, 1.54) is 0 Å². The molecule has 0 aliphatic carbocycles. The first-order valence-corrected chi connectivity index (χ1v) is 6.50. The van der Waals surface area contributed by atoms with Gasteiger partial charge in [0, 0.05) is 32.2 Å². The van der Waals surface area contributed by atoms with Crippen molar-refractivity contribution >= 4 is 18.3 Å². The van der Waals surface area contributed by atoms with Crippen molar-refractivity contribution in [1.29, 1.82) is 0 Å². The average Bonchev–Trinajstić information content (AvgIpc) is 2.69. The molecule has 106 valence electrons. The Morgan fingerprint density at radius 3 is 3.06 bits per heavy atom. The third-order valence-electron chi connectivity index (χ3n) is 3.30. The van der Waals surface area contributed by atoms with Crippen molar-refractivity contribution in [2.24, 2.45) is 5.92 Å². The van der Waals surface area contributed by atoms with Gasteiger partial charge in [0.25, 0.3) is 0 Å². The number of ether oxygens (including phenoxy) is 2. The van der Waals surface area contributed by atoms with Gasteiger partial charge in [-0.2, -0.15) is 0 Å². The minimum atomic E-state index is 0. The van der Waals surface area contributed by atoms with Crippen LogP contribution >= 0.6 is 12.4 Å². The van der Waals surface area contributed by atoms with Gasteiger partial charge in [0.15, 0.2) is 0 Å². The maximum atomic E-state index is 11.9. The number of halogens is 1. The van der Waals surface area contributed by atoms with Gasteiger partial charge in [-0.1, -0.05) is 0 Å². The summed E-state index contributed by atoms with van der Waals surface area (Å²) in [7, 11) is 0. The molecule has 0 bridgehead atoms. The zero-order chi connectivity index (χ0) is 11.9. The van der Waals surface area contributed by atoms with Crippen LogP contribution in [-0.4, -0.2) is 63.4 Å². The van der Waals surface area contributed by atoms with Crippen molar-refractivity contribution < 1.29 is 14.3 Å². The fourth-order valence-electron chi connectivity index (χ4n) is 2.21. The summed E-state index contributed by atoms with van der Waals surface area (Å²) >= 11 is 0. The second-order valence-electron chi connectivity index (χ2n) is 4.73. The second kappa shape index (κ2) is 8.69. The van der Waals surface area contributed by atoms with Gasteiger partial charge >= 0.3 is 0 Å². The maximum absolute atomic E-state index is 11.9. The van der Waals surface area contributed by atoms with Crippen LogP contribution in [0.4, 0.5) is 0 Å². The zero-order valence-corrected chi connectivity index (χ0v) is 11.5. The Kier molecular flexibility index (Phi) is 7.58. The number of carbonyl (C=O) groups excluding carboxylic acids is 1. The molecule has 1 amide bonds. The monoisotopic (exact) mass is 278 g/mol. The van der Waals surface area contributed by atoms with Crippen molar-refractivity contribution in [3.05, 3.63) is 0 Å². The van der Waals surface area contributed by atoms with Gasteiger partial charge in [-0.15, -0.1) is 12.4 Å². The summed E-state index contributed by atoms with van der Waals surface area (Å²) in [6.07, 6.45) is 2.09. The number of nitrogens with one attached hydrogen (secondary N) is 1. The normalized spacial score (nSPS) is 24.4. The Labute approximate surface area is 115 Å². The molecule has 2 saturated heterocycles. The van der Waals surface area contributed by atoms with E-state index >= 15 is 0 Å². The first-order chi connectivity index (χ1) is 8.36. The molecule has 0 aromatic carbocycles. The Bertz CT molecular complexity index is 239. The number of hydrogen-bond donors (Lipinski definition) is 1. The van der Waals surface area contributed by atoms with Crippen molar-refractivity contribution in [2.75, 3.05) is 52.6 Å². The van der Waals surface area contributed by atoms with Gasteiger partial charge in [0.2, 0.25) is 5.91 Å². The maximum Gasteiger partial charge on any atom is 0.248 e. The molecule has 1 N–H and O–H groups in total. The van der Waals surface area contributed by atoms with E-state index in [0.717, 1.165) is 52.2 Å². The molecule has 2 fully saturated rings. The third kappa shape index (κ3) is 5.10. The first-order valence-electron chi connectivity index (χ1n) is 6.50. The van der Waals surface area contributed by atoms with Gasteiger partial charge in [-0.3, -0.25) is 4.79 Å². The van der Waals surface area contributed by atoms with Gasteiger partial charge in [0.1, 0.15) is 6.61 Å². The van der Waals surface area contributed by atoms with E-state index < -0.39 is 0 Å². The van der Waals surface area contributed by atoms with Gasteiger partial charge in [-0.25, -0.2) is 0 Å². The van der Waals surface area contributed by atoms with Crippen LogP contribution in [0, 0.1) is 5.92 Å². The smallest absolute Gasteiger partial charge is 0.248 e. The second-order valence-corrected chi connectivity index (χ2v) is 4.73. The van der Waals surface area contributed by atoms with Crippen LogP contribution in [0.15, 0.2) is 0 Å². The van der Waals surface area contributed by atoms with E-state index in [-0.39, 0.29) is 24.9 Å². The number of rotatable bonds is 4. The molecular weight excluding hydrogens is 256 g/mol. The number of amides is 1. The van der Waals surface area contributed by atoms with E-state index in [4.69, 9.17) is 9.47 Å². The number of carbonyl (C=O) groups is 1. The highest BCUT2D eigenvalue weighted by Crippen LogP contribution is 2.12. The molecule has 2 heterocycles. The molecule has 0 aromatic rings. The van der Waals surface area contributed by atoms with E-state index in [1.807, 2.05) is 4.90 Å². The highest BCUT2D eigenvalue weighted by Gasteiger charge is 2.18. The Hall–Kier alpha value is -0.360. The lowest BCUT2D eigenvalue weighted by atomic mass is 10.1. The van der Waals surface area contributed by atoms with Crippen molar-refractivity contribution in [2.45, 2.75) is 12.8 Å². The molecule has 0 spiro atoms. The van der Waals surface area contributed by atoms with Crippen LogP contribution in [-0.2, 0) is 14.3 Å². The fourth-order valence-corrected chi connectivity index (χ4v) is 2.21. The SMILES string of the molecule is Cl.O=C(COCC1CCOC1)N1CCCNCC1. The quantitative estimate of drug-likeness (QED) is 0.803. The topological polar surface area (TPSA) is 50.8 Å². The predicted molar refractivity (Wildman–Crippen MR) is 71.1 cm³/mol. The molecule has 5 nitrogen and oxygen atoms in total.